The predicted octanol–water partition coefficient (Wildman–Crippen LogP) is 4.04. The molecule has 0 heterocycles. The first-order chi connectivity index (χ1) is 7.90. The highest BCUT2D eigenvalue weighted by Crippen LogP contribution is 2.28. The summed E-state index contributed by atoms with van der Waals surface area (Å²) in [6.07, 6.45) is 0. The Labute approximate surface area is 100 Å². The molecule has 0 aliphatic carbocycles. The minimum absolute atomic E-state index is 0.672. The Bertz CT molecular complexity index is 656. The summed E-state index contributed by atoms with van der Waals surface area (Å²) in [5, 5.41) is 5.18. The second-order valence-corrected chi connectivity index (χ2v) is 4.24. The third kappa shape index (κ3) is 1.40. The number of benzene rings is 3. The van der Waals surface area contributed by atoms with Gasteiger partial charge < -0.3 is 12.6 Å². The smallest absolute Gasteiger partial charge is 0.0103 e. The van der Waals surface area contributed by atoms with Crippen molar-refractivity contribution in [1.82, 2.24) is 0 Å². The molecular weight excluding hydrogens is 212 g/mol. The van der Waals surface area contributed by atoms with Crippen LogP contribution < -0.4 is 0 Å². The molecule has 0 radical (unpaired) electrons. The van der Waals surface area contributed by atoms with Gasteiger partial charge in [-0.2, -0.15) is 0 Å². The molecule has 3 rings (SSSR count). The molecule has 0 saturated carbocycles. The molecule has 0 aliphatic heterocycles. The largest absolute Gasteiger partial charge is 0.788 e. The van der Waals surface area contributed by atoms with Crippen molar-refractivity contribution in [3.8, 4) is 0 Å². The van der Waals surface area contributed by atoms with E-state index in [0.29, 0.717) is 5.75 Å². The first-order valence-electron chi connectivity index (χ1n) is 5.37. The van der Waals surface area contributed by atoms with Crippen LogP contribution in [-0.2, 0) is 18.4 Å². The number of fused-ring (bicyclic) bond motifs is 3. The molecule has 0 fully saturated rings. The van der Waals surface area contributed by atoms with Gasteiger partial charge in [0.05, 0.1) is 0 Å². The molecule has 0 spiro atoms. The molecule has 0 amide bonds. The van der Waals surface area contributed by atoms with Gasteiger partial charge in [-0.3, -0.25) is 0 Å². The third-order valence-electron chi connectivity index (χ3n) is 3.01. The van der Waals surface area contributed by atoms with Crippen molar-refractivity contribution in [2.45, 2.75) is 5.75 Å². The molecule has 0 saturated heterocycles. The molecule has 0 unspecified atom stereocenters. The maximum Gasteiger partial charge on any atom is -0.0103 e. The lowest BCUT2D eigenvalue weighted by Crippen LogP contribution is -1.86. The van der Waals surface area contributed by atoms with E-state index in [1.165, 1.54) is 27.1 Å². The average molecular weight is 223 g/mol. The standard InChI is InChI=1S/C15H12S/c16-10-12-9-11-5-1-2-6-13(11)15-8-4-3-7-14(12)15/h1-9,16H,10H2/p-1. The lowest BCUT2D eigenvalue weighted by Gasteiger charge is -2.12. The summed E-state index contributed by atoms with van der Waals surface area (Å²) in [7, 11) is 0. The molecule has 1 heteroatoms. The highest BCUT2D eigenvalue weighted by Gasteiger charge is 2.02. The van der Waals surface area contributed by atoms with Crippen LogP contribution in [0.4, 0.5) is 0 Å². The topological polar surface area (TPSA) is 0 Å². The molecule has 16 heavy (non-hydrogen) atoms. The first kappa shape index (κ1) is 9.73. The lowest BCUT2D eigenvalue weighted by molar-refractivity contribution is 1.50. The molecule has 0 nitrogen and oxygen atoms in total. The average Bonchev–Trinajstić information content (AvgIpc) is 2.38. The molecule has 0 N–H and O–H groups in total. The van der Waals surface area contributed by atoms with E-state index >= 15 is 0 Å². The predicted molar refractivity (Wildman–Crippen MR) is 72.5 cm³/mol. The Morgan fingerprint density at radius 3 is 2.12 bits per heavy atom. The summed E-state index contributed by atoms with van der Waals surface area (Å²) < 4.78 is 0. The maximum absolute atomic E-state index is 5.21. The summed E-state index contributed by atoms with van der Waals surface area (Å²) in [5.41, 5.74) is 1.25. The third-order valence-corrected chi connectivity index (χ3v) is 3.32. The number of hydrogen-bond donors (Lipinski definition) is 0. The van der Waals surface area contributed by atoms with Crippen molar-refractivity contribution in [2.75, 3.05) is 0 Å². The van der Waals surface area contributed by atoms with Crippen LogP contribution in [0, 0.1) is 0 Å². The van der Waals surface area contributed by atoms with E-state index in [0.717, 1.165) is 0 Å². The van der Waals surface area contributed by atoms with Crippen LogP contribution in [0.3, 0.4) is 0 Å². The molecular formula is C15H11S-. The fraction of sp³-hybridized carbons (Fsp3) is 0.0667. The second kappa shape index (κ2) is 3.84. The molecule has 3 aromatic rings. The minimum atomic E-state index is 0.672. The fourth-order valence-corrected chi connectivity index (χ4v) is 2.49. The Morgan fingerprint density at radius 1 is 0.750 bits per heavy atom. The Hall–Kier alpha value is -1.47. The van der Waals surface area contributed by atoms with Gasteiger partial charge in [0.1, 0.15) is 0 Å². The highest BCUT2D eigenvalue weighted by atomic mass is 32.1. The van der Waals surface area contributed by atoms with Gasteiger partial charge in [-0.25, -0.2) is 0 Å². The zero-order valence-electron chi connectivity index (χ0n) is 8.81. The highest BCUT2D eigenvalue weighted by molar-refractivity contribution is 7.57. The van der Waals surface area contributed by atoms with Crippen LogP contribution in [-0.4, -0.2) is 0 Å². The van der Waals surface area contributed by atoms with Crippen LogP contribution in [0.1, 0.15) is 5.56 Å². The van der Waals surface area contributed by atoms with Crippen LogP contribution in [0.15, 0.2) is 54.6 Å². The second-order valence-electron chi connectivity index (χ2n) is 3.95. The van der Waals surface area contributed by atoms with Gasteiger partial charge in [0.25, 0.3) is 0 Å². The van der Waals surface area contributed by atoms with Crippen LogP contribution in [0.5, 0.6) is 0 Å². The van der Waals surface area contributed by atoms with Gasteiger partial charge in [0.2, 0.25) is 0 Å². The van der Waals surface area contributed by atoms with Crippen LogP contribution >= 0.6 is 0 Å². The molecule has 3 aromatic carbocycles. The van der Waals surface area contributed by atoms with E-state index in [1.807, 2.05) is 0 Å². The van der Waals surface area contributed by atoms with Crippen LogP contribution in [0.2, 0.25) is 0 Å². The molecule has 0 atom stereocenters. The van der Waals surface area contributed by atoms with E-state index in [9.17, 15) is 0 Å². The van der Waals surface area contributed by atoms with Gasteiger partial charge >= 0.3 is 0 Å². The quantitative estimate of drug-likeness (QED) is 0.443. The first-order valence-corrected chi connectivity index (χ1v) is 5.95. The van der Waals surface area contributed by atoms with E-state index in [2.05, 4.69) is 54.6 Å². The van der Waals surface area contributed by atoms with Gasteiger partial charge in [-0.05, 0) is 21.5 Å². The van der Waals surface area contributed by atoms with Crippen molar-refractivity contribution in [1.29, 1.82) is 0 Å². The van der Waals surface area contributed by atoms with Gasteiger partial charge in [-0.15, -0.1) is 5.75 Å². The summed E-state index contributed by atoms with van der Waals surface area (Å²) in [6, 6.07) is 19.2. The Morgan fingerprint density at radius 2 is 1.38 bits per heavy atom. The summed E-state index contributed by atoms with van der Waals surface area (Å²) >= 11 is 5.21. The van der Waals surface area contributed by atoms with E-state index < -0.39 is 0 Å². The van der Waals surface area contributed by atoms with Crippen LogP contribution in [0.25, 0.3) is 21.5 Å². The molecule has 0 aliphatic rings. The van der Waals surface area contributed by atoms with E-state index in [1.54, 1.807) is 0 Å². The molecule has 0 aromatic heterocycles. The monoisotopic (exact) mass is 223 g/mol. The van der Waals surface area contributed by atoms with Crippen molar-refractivity contribution < 1.29 is 0 Å². The van der Waals surface area contributed by atoms with Crippen molar-refractivity contribution >= 4 is 34.2 Å². The summed E-state index contributed by atoms with van der Waals surface area (Å²) in [4.78, 5) is 0. The van der Waals surface area contributed by atoms with E-state index in [4.69, 9.17) is 12.6 Å². The van der Waals surface area contributed by atoms with E-state index in [-0.39, 0.29) is 0 Å². The lowest BCUT2D eigenvalue weighted by atomic mass is 9.98. The van der Waals surface area contributed by atoms with Gasteiger partial charge in [0, 0.05) is 0 Å². The number of rotatable bonds is 1. The number of hydrogen-bond acceptors (Lipinski definition) is 1. The Kier molecular flexibility index (Phi) is 2.33. The maximum atomic E-state index is 5.21. The fourth-order valence-electron chi connectivity index (χ4n) is 2.25. The Balaban J connectivity index is 2.57. The van der Waals surface area contributed by atoms with Gasteiger partial charge in [-0.1, -0.05) is 60.2 Å². The molecule has 0 bridgehead atoms. The zero-order valence-corrected chi connectivity index (χ0v) is 9.63. The normalized spacial score (nSPS) is 11.1. The summed E-state index contributed by atoms with van der Waals surface area (Å²) in [5.74, 6) is 0.672. The van der Waals surface area contributed by atoms with Crippen molar-refractivity contribution in [3.63, 3.8) is 0 Å². The summed E-state index contributed by atoms with van der Waals surface area (Å²) in [6.45, 7) is 0. The van der Waals surface area contributed by atoms with Gasteiger partial charge in [0.15, 0.2) is 0 Å². The van der Waals surface area contributed by atoms with Crippen molar-refractivity contribution in [2.24, 2.45) is 0 Å². The minimum Gasteiger partial charge on any atom is -0.788 e. The zero-order chi connectivity index (χ0) is 11.0. The molecule has 78 valence electrons. The SMILES string of the molecule is [S-]Cc1cc2ccccc2c2ccccc12. The van der Waals surface area contributed by atoms with Crippen molar-refractivity contribution in [3.05, 3.63) is 60.2 Å².